The molecule has 2 aliphatic rings. The second kappa shape index (κ2) is 7.99. The van der Waals surface area contributed by atoms with Crippen molar-refractivity contribution in [2.45, 2.75) is 0 Å². The third-order valence-electron chi connectivity index (χ3n) is 6.85. The molecule has 0 aliphatic carbocycles. The number of fused-ring (bicyclic) bond motifs is 2. The largest absolute Gasteiger partial charge is 0.348 e. The lowest BCUT2D eigenvalue weighted by molar-refractivity contribution is -0.139. The minimum atomic E-state index is -0.805. The number of aromatic nitrogens is 1. The van der Waals surface area contributed by atoms with Crippen molar-refractivity contribution in [3.63, 3.8) is 0 Å². The first-order valence-electron chi connectivity index (χ1n) is 11.1. The molecule has 7 nitrogen and oxygen atoms in total. The Morgan fingerprint density at radius 1 is 0.848 bits per heavy atom. The summed E-state index contributed by atoms with van der Waals surface area (Å²) < 4.78 is 0. The van der Waals surface area contributed by atoms with Crippen LogP contribution in [-0.2, 0) is 4.79 Å². The van der Waals surface area contributed by atoms with Gasteiger partial charge in [-0.3, -0.25) is 14.4 Å². The van der Waals surface area contributed by atoms with Crippen LogP contribution in [0, 0.1) is 11.3 Å². The molecule has 0 N–H and O–H groups in total. The van der Waals surface area contributed by atoms with E-state index < -0.39 is 5.41 Å². The fraction of sp³-hybridized carbons (Fsp3) is 0.308. The van der Waals surface area contributed by atoms with Crippen molar-refractivity contribution in [3.05, 3.63) is 78.0 Å². The highest BCUT2D eigenvalue weighted by molar-refractivity contribution is 5.98. The van der Waals surface area contributed by atoms with Crippen LogP contribution in [0.1, 0.15) is 20.8 Å². The summed E-state index contributed by atoms with van der Waals surface area (Å²) in [5.41, 5.74) is 0.943. The van der Waals surface area contributed by atoms with Gasteiger partial charge in [-0.15, -0.1) is 0 Å². The first-order chi connectivity index (χ1) is 15.9. The predicted octanol–water partition coefficient (Wildman–Crippen LogP) is 2.54. The Kier molecular flexibility index (Phi) is 5.12. The number of hydrogen-bond acceptors (Lipinski definition) is 4. The van der Waals surface area contributed by atoms with Crippen molar-refractivity contribution in [1.29, 1.82) is 0 Å². The summed E-state index contributed by atoms with van der Waals surface area (Å²) in [4.78, 5) is 49.4. The van der Waals surface area contributed by atoms with E-state index in [1.807, 2.05) is 48.5 Å². The molecule has 7 heteroatoms. The maximum atomic E-state index is 13.4. The molecule has 2 fully saturated rings. The van der Waals surface area contributed by atoms with E-state index in [1.54, 1.807) is 47.0 Å². The normalized spacial score (nSPS) is 21.8. The number of amides is 3. The first kappa shape index (κ1) is 21.1. The molecule has 1 aromatic heterocycles. The lowest BCUT2D eigenvalue weighted by Gasteiger charge is -2.30. The average Bonchev–Trinajstić information content (AvgIpc) is 3.38. The number of carbonyl (C=O) groups is 3. The van der Waals surface area contributed by atoms with Crippen LogP contribution in [0.4, 0.5) is 0 Å². The van der Waals surface area contributed by atoms with E-state index in [2.05, 4.69) is 4.98 Å². The van der Waals surface area contributed by atoms with Gasteiger partial charge < -0.3 is 14.7 Å². The van der Waals surface area contributed by atoms with Gasteiger partial charge in [0.25, 0.3) is 11.8 Å². The second-order valence-electron chi connectivity index (χ2n) is 9.18. The molecule has 168 valence electrons. The molecular weight excluding hydrogens is 416 g/mol. The summed E-state index contributed by atoms with van der Waals surface area (Å²) in [5.74, 6) is -0.422. The molecule has 0 unspecified atom stereocenters. The predicted molar refractivity (Wildman–Crippen MR) is 125 cm³/mol. The number of rotatable bonds is 3. The van der Waals surface area contributed by atoms with Crippen LogP contribution in [0.25, 0.3) is 10.9 Å². The number of hydrogen-bond donors (Lipinski definition) is 0. The number of para-hydroxylation sites is 1. The average molecular weight is 443 g/mol. The van der Waals surface area contributed by atoms with Gasteiger partial charge in [-0.25, -0.2) is 4.98 Å². The zero-order valence-electron chi connectivity index (χ0n) is 18.8. The van der Waals surface area contributed by atoms with E-state index in [0.29, 0.717) is 30.9 Å². The fourth-order valence-electron chi connectivity index (χ4n) is 5.23. The SMILES string of the molecule is CN(C)C(=O)[C@]12CN(C(=O)c3ccccc3)C[C@H]1CN(C(=O)c1ccc3ccccc3n1)C2. The Morgan fingerprint density at radius 3 is 2.18 bits per heavy atom. The van der Waals surface area contributed by atoms with Crippen LogP contribution in [0.3, 0.4) is 0 Å². The van der Waals surface area contributed by atoms with Crippen LogP contribution < -0.4 is 0 Å². The minimum absolute atomic E-state index is 0.0439. The Balaban J connectivity index is 1.41. The molecule has 0 saturated carbocycles. The third-order valence-corrected chi connectivity index (χ3v) is 6.85. The molecule has 0 radical (unpaired) electrons. The summed E-state index contributed by atoms with van der Waals surface area (Å²) in [5, 5.41) is 0.974. The van der Waals surface area contributed by atoms with Crippen molar-refractivity contribution >= 4 is 28.6 Å². The van der Waals surface area contributed by atoms with Gasteiger partial charge in [0.2, 0.25) is 5.91 Å². The fourth-order valence-corrected chi connectivity index (χ4v) is 5.23. The lowest BCUT2D eigenvalue weighted by Crippen LogP contribution is -2.48. The van der Waals surface area contributed by atoms with Gasteiger partial charge in [-0.05, 0) is 24.3 Å². The zero-order chi connectivity index (χ0) is 23.2. The van der Waals surface area contributed by atoms with Crippen LogP contribution >= 0.6 is 0 Å². The Labute approximate surface area is 192 Å². The van der Waals surface area contributed by atoms with Crippen molar-refractivity contribution in [2.24, 2.45) is 11.3 Å². The van der Waals surface area contributed by atoms with Gasteiger partial charge in [-0.2, -0.15) is 0 Å². The number of benzene rings is 2. The number of nitrogens with zero attached hydrogens (tertiary/aromatic N) is 4. The van der Waals surface area contributed by atoms with E-state index in [9.17, 15) is 14.4 Å². The van der Waals surface area contributed by atoms with Gasteiger partial charge in [0.1, 0.15) is 5.69 Å². The first-order valence-corrected chi connectivity index (χ1v) is 11.1. The van der Waals surface area contributed by atoms with Crippen molar-refractivity contribution in [1.82, 2.24) is 19.7 Å². The molecule has 2 aromatic carbocycles. The van der Waals surface area contributed by atoms with Gasteiger partial charge in [-0.1, -0.05) is 42.5 Å². The highest BCUT2D eigenvalue weighted by atomic mass is 16.2. The van der Waals surface area contributed by atoms with Gasteiger partial charge >= 0.3 is 0 Å². The highest BCUT2D eigenvalue weighted by Gasteiger charge is 2.59. The lowest BCUT2D eigenvalue weighted by atomic mass is 9.80. The molecule has 2 atom stereocenters. The van der Waals surface area contributed by atoms with E-state index >= 15 is 0 Å². The molecule has 3 amide bonds. The summed E-state index contributed by atoms with van der Waals surface area (Å²) in [7, 11) is 3.45. The maximum Gasteiger partial charge on any atom is 0.272 e. The van der Waals surface area contributed by atoms with E-state index in [-0.39, 0.29) is 30.2 Å². The van der Waals surface area contributed by atoms with Crippen LogP contribution in [0.15, 0.2) is 66.7 Å². The Hall–Kier alpha value is -3.74. The summed E-state index contributed by atoms with van der Waals surface area (Å²) >= 11 is 0. The topological polar surface area (TPSA) is 73.8 Å². The van der Waals surface area contributed by atoms with Crippen molar-refractivity contribution < 1.29 is 14.4 Å². The summed E-state index contributed by atoms with van der Waals surface area (Å²) in [6, 6.07) is 20.4. The van der Waals surface area contributed by atoms with Crippen LogP contribution in [0.2, 0.25) is 0 Å². The second-order valence-corrected chi connectivity index (χ2v) is 9.18. The number of pyridine rings is 1. The molecule has 2 aliphatic heterocycles. The van der Waals surface area contributed by atoms with Crippen molar-refractivity contribution in [2.75, 3.05) is 40.3 Å². The smallest absolute Gasteiger partial charge is 0.272 e. The third kappa shape index (κ3) is 3.53. The summed E-state index contributed by atoms with van der Waals surface area (Å²) in [6.45, 7) is 1.45. The maximum absolute atomic E-state index is 13.4. The van der Waals surface area contributed by atoms with E-state index in [1.165, 1.54) is 0 Å². The van der Waals surface area contributed by atoms with Crippen LogP contribution in [0.5, 0.6) is 0 Å². The number of likely N-dealkylation sites (tertiary alicyclic amines) is 2. The van der Waals surface area contributed by atoms with Crippen molar-refractivity contribution in [3.8, 4) is 0 Å². The zero-order valence-corrected chi connectivity index (χ0v) is 18.8. The van der Waals surface area contributed by atoms with Gasteiger partial charge in [0.05, 0.1) is 10.9 Å². The Morgan fingerprint density at radius 2 is 1.48 bits per heavy atom. The highest BCUT2D eigenvalue weighted by Crippen LogP contribution is 2.44. The summed E-state index contributed by atoms with van der Waals surface area (Å²) in [6.07, 6.45) is 0. The van der Waals surface area contributed by atoms with E-state index in [0.717, 1.165) is 10.9 Å². The Bertz CT molecular complexity index is 1240. The molecule has 33 heavy (non-hydrogen) atoms. The molecule has 3 aromatic rings. The quantitative estimate of drug-likeness (QED) is 0.625. The number of carbonyl (C=O) groups excluding carboxylic acids is 3. The molecule has 2 saturated heterocycles. The van der Waals surface area contributed by atoms with E-state index in [4.69, 9.17) is 0 Å². The molecular formula is C26H26N4O3. The molecule has 0 bridgehead atoms. The molecule has 3 heterocycles. The standard InChI is InChI=1S/C26H26N4O3/c1-28(2)25(33)26-16-29(23(31)19-9-4-3-5-10-19)14-20(26)15-30(17-26)24(32)22-13-12-18-8-6-7-11-21(18)27-22/h3-13,20H,14-17H2,1-2H3/t20-,26-/m0/s1. The van der Waals surface area contributed by atoms with Gasteiger partial charge in [0, 0.05) is 57.1 Å². The van der Waals surface area contributed by atoms with Crippen LogP contribution in [-0.4, -0.2) is 77.7 Å². The van der Waals surface area contributed by atoms with Gasteiger partial charge in [0.15, 0.2) is 0 Å². The minimum Gasteiger partial charge on any atom is -0.348 e. The molecule has 5 rings (SSSR count). The molecule has 0 spiro atoms. The monoisotopic (exact) mass is 442 g/mol.